The molecule has 82 valence electrons. The van der Waals surface area contributed by atoms with E-state index in [1.807, 2.05) is 6.07 Å². The fourth-order valence-electron chi connectivity index (χ4n) is 1.95. The number of piperidine rings is 1. The Morgan fingerprint density at radius 1 is 1.27 bits per heavy atom. The maximum atomic E-state index is 3.60. The van der Waals surface area contributed by atoms with Crippen LogP contribution < -0.4 is 5.32 Å². The molecule has 0 aliphatic carbocycles. The average molecular weight is 269 g/mol. The van der Waals surface area contributed by atoms with Crippen molar-refractivity contribution in [1.82, 2.24) is 4.90 Å². The van der Waals surface area contributed by atoms with Crippen molar-refractivity contribution in [1.29, 1.82) is 0 Å². The van der Waals surface area contributed by atoms with Crippen molar-refractivity contribution >= 4 is 21.6 Å². The quantitative estimate of drug-likeness (QED) is 0.888. The molecule has 1 aliphatic rings. The summed E-state index contributed by atoms with van der Waals surface area (Å²) in [4.78, 5) is 2.39. The topological polar surface area (TPSA) is 15.3 Å². The number of nitrogens with zero attached hydrogens (tertiary/aromatic N) is 1. The number of likely N-dealkylation sites (tertiary alicyclic amines) is 1. The van der Waals surface area contributed by atoms with E-state index in [-0.39, 0.29) is 0 Å². The van der Waals surface area contributed by atoms with Gasteiger partial charge in [0.25, 0.3) is 0 Å². The van der Waals surface area contributed by atoms with Crippen molar-refractivity contribution in [3.63, 3.8) is 0 Å². The van der Waals surface area contributed by atoms with Crippen LogP contribution in [0.5, 0.6) is 0 Å². The summed E-state index contributed by atoms with van der Waals surface area (Å²) >= 11 is 3.56. The maximum Gasteiger partial charge on any atom is 0.0486 e. The third-order valence-corrected chi connectivity index (χ3v) is 3.64. The monoisotopic (exact) mass is 268 g/mol. The summed E-state index contributed by atoms with van der Waals surface area (Å²) in [5, 5.41) is 3.60. The smallest absolute Gasteiger partial charge is 0.0486 e. The predicted molar refractivity (Wildman–Crippen MR) is 68.3 cm³/mol. The first kappa shape index (κ1) is 11.0. The molecule has 0 atom stereocenters. The van der Waals surface area contributed by atoms with E-state index in [9.17, 15) is 0 Å². The Kier molecular flexibility index (Phi) is 3.65. The van der Waals surface area contributed by atoms with Crippen molar-refractivity contribution in [2.75, 3.05) is 25.5 Å². The lowest BCUT2D eigenvalue weighted by Gasteiger charge is -2.30. The average Bonchev–Trinajstić information content (AvgIpc) is 2.25. The molecule has 1 saturated heterocycles. The van der Waals surface area contributed by atoms with Crippen LogP contribution in [0.1, 0.15) is 12.8 Å². The van der Waals surface area contributed by atoms with E-state index in [1.165, 1.54) is 31.6 Å². The van der Waals surface area contributed by atoms with E-state index >= 15 is 0 Å². The zero-order valence-corrected chi connectivity index (χ0v) is 10.6. The zero-order chi connectivity index (χ0) is 10.7. The van der Waals surface area contributed by atoms with Crippen molar-refractivity contribution in [3.05, 3.63) is 28.7 Å². The molecule has 1 fully saturated rings. The SMILES string of the molecule is CN1CCC(Nc2ccccc2Br)CC1. The number of anilines is 1. The zero-order valence-electron chi connectivity index (χ0n) is 9.04. The van der Waals surface area contributed by atoms with E-state index in [4.69, 9.17) is 0 Å². The first-order chi connectivity index (χ1) is 7.25. The highest BCUT2D eigenvalue weighted by molar-refractivity contribution is 9.10. The van der Waals surface area contributed by atoms with Crippen LogP contribution in [0, 0.1) is 0 Å². The molecule has 15 heavy (non-hydrogen) atoms. The number of halogens is 1. The summed E-state index contributed by atoms with van der Waals surface area (Å²) in [6, 6.07) is 8.95. The minimum Gasteiger partial charge on any atom is -0.381 e. The molecule has 1 aromatic rings. The number of hydrogen-bond donors (Lipinski definition) is 1. The van der Waals surface area contributed by atoms with Crippen LogP contribution in [0.25, 0.3) is 0 Å². The minimum atomic E-state index is 0.625. The van der Waals surface area contributed by atoms with Crippen LogP contribution in [0.4, 0.5) is 5.69 Å². The lowest BCUT2D eigenvalue weighted by Crippen LogP contribution is -2.36. The van der Waals surface area contributed by atoms with E-state index in [0.29, 0.717) is 6.04 Å². The molecule has 1 aromatic carbocycles. The second-order valence-electron chi connectivity index (χ2n) is 4.20. The summed E-state index contributed by atoms with van der Waals surface area (Å²) in [5.74, 6) is 0. The second kappa shape index (κ2) is 4.99. The molecule has 3 heteroatoms. The fourth-order valence-corrected chi connectivity index (χ4v) is 2.35. The third-order valence-electron chi connectivity index (χ3n) is 2.95. The van der Waals surface area contributed by atoms with E-state index in [1.54, 1.807) is 0 Å². The van der Waals surface area contributed by atoms with Gasteiger partial charge in [0.15, 0.2) is 0 Å². The molecule has 1 aliphatic heterocycles. The summed E-state index contributed by atoms with van der Waals surface area (Å²) < 4.78 is 1.16. The largest absolute Gasteiger partial charge is 0.381 e. The summed E-state index contributed by atoms with van der Waals surface area (Å²) in [7, 11) is 2.19. The molecule has 0 unspecified atom stereocenters. The summed E-state index contributed by atoms with van der Waals surface area (Å²) in [6.07, 6.45) is 2.47. The fraction of sp³-hybridized carbons (Fsp3) is 0.500. The van der Waals surface area contributed by atoms with Gasteiger partial charge in [0, 0.05) is 16.2 Å². The van der Waals surface area contributed by atoms with Crippen molar-refractivity contribution in [2.24, 2.45) is 0 Å². The lowest BCUT2D eigenvalue weighted by molar-refractivity contribution is 0.264. The van der Waals surface area contributed by atoms with Crippen LogP contribution >= 0.6 is 15.9 Å². The van der Waals surface area contributed by atoms with Crippen molar-refractivity contribution in [2.45, 2.75) is 18.9 Å². The molecule has 0 amide bonds. The van der Waals surface area contributed by atoms with Gasteiger partial charge in [-0.1, -0.05) is 12.1 Å². The van der Waals surface area contributed by atoms with Crippen molar-refractivity contribution < 1.29 is 0 Å². The van der Waals surface area contributed by atoms with E-state index < -0.39 is 0 Å². The maximum absolute atomic E-state index is 3.60. The van der Waals surface area contributed by atoms with Crippen LogP contribution in [-0.4, -0.2) is 31.1 Å². The number of hydrogen-bond acceptors (Lipinski definition) is 2. The highest BCUT2D eigenvalue weighted by Crippen LogP contribution is 2.24. The second-order valence-corrected chi connectivity index (χ2v) is 5.06. The number of para-hydroxylation sites is 1. The third kappa shape index (κ3) is 2.95. The summed E-state index contributed by atoms with van der Waals surface area (Å²) in [6.45, 7) is 2.39. The molecule has 2 rings (SSSR count). The van der Waals surface area contributed by atoms with Gasteiger partial charge < -0.3 is 10.2 Å². The van der Waals surface area contributed by atoms with Gasteiger partial charge in [-0.05, 0) is 61.0 Å². The Hall–Kier alpha value is -0.540. The first-order valence-corrected chi connectivity index (χ1v) is 6.24. The Balaban J connectivity index is 1.95. The molecule has 1 heterocycles. The molecular formula is C12H17BrN2. The number of rotatable bonds is 2. The van der Waals surface area contributed by atoms with Gasteiger partial charge in [-0.25, -0.2) is 0 Å². The van der Waals surface area contributed by atoms with Crippen LogP contribution in [0.2, 0.25) is 0 Å². The summed E-state index contributed by atoms with van der Waals surface area (Å²) in [5.41, 5.74) is 1.21. The van der Waals surface area contributed by atoms with Gasteiger partial charge in [-0.3, -0.25) is 0 Å². The van der Waals surface area contributed by atoms with Gasteiger partial charge in [-0.2, -0.15) is 0 Å². The standard InChI is InChI=1S/C12H17BrN2/c1-15-8-6-10(7-9-15)14-12-5-3-2-4-11(12)13/h2-5,10,14H,6-9H2,1H3. The van der Waals surface area contributed by atoms with Crippen molar-refractivity contribution in [3.8, 4) is 0 Å². The lowest BCUT2D eigenvalue weighted by atomic mass is 10.1. The molecule has 1 N–H and O–H groups in total. The Bertz CT molecular complexity index is 319. The van der Waals surface area contributed by atoms with Crippen LogP contribution in [-0.2, 0) is 0 Å². The molecule has 0 radical (unpaired) electrons. The minimum absolute atomic E-state index is 0.625. The van der Waals surface area contributed by atoms with Crippen LogP contribution in [0.15, 0.2) is 28.7 Å². The molecular weight excluding hydrogens is 252 g/mol. The van der Waals surface area contributed by atoms with Gasteiger partial charge >= 0.3 is 0 Å². The Morgan fingerprint density at radius 2 is 1.93 bits per heavy atom. The van der Waals surface area contributed by atoms with E-state index in [2.05, 4.69) is 51.4 Å². The predicted octanol–water partition coefficient (Wildman–Crippen LogP) is 2.96. The Labute approximate surface area is 99.8 Å². The number of nitrogens with one attached hydrogen (secondary N) is 1. The van der Waals surface area contributed by atoms with Gasteiger partial charge in [-0.15, -0.1) is 0 Å². The molecule has 0 aromatic heterocycles. The van der Waals surface area contributed by atoms with Gasteiger partial charge in [0.1, 0.15) is 0 Å². The number of benzene rings is 1. The van der Waals surface area contributed by atoms with Gasteiger partial charge in [0.2, 0.25) is 0 Å². The van der Waals surface area contributed by atoms with E-state index in [0.717, 1.165) is 4.47 Å². The molecule has 0 bridgehead atoms. The molecule has 0 saturated carbocycles. The first-order valence-electron chi connectivity index (χ1n) is 5.45. The van der Waals surface area contributed by atoms with Crippen LogP contribution in [0.3, 0.4) is 0 Å². The Morgan fingerprint density at radius 3 is 2.60 bits per heavy atom. The molecule has 0 spiro atoms. The highest BCUT2D eigenvalue weighted by Gasteiger charge is 2.16. The normalized spacial score (nSPS) is 19.1. The highest BCUT2D eigenvalue weighted by atomic mass is 79.9. The molecule has 2 nitrogen and oxygen atoms in total. The van der Waals surface area contributed by atoms with Gasteiger partial charge in [0.05, 0.1) is 0 Å².